The van der Waals surface area contributed by atoms with Crippen molar-refractivity contribution in [1.82, 2.24) is 5.32 Å². The van der Waals surface area contributed by atoms with Crippen molar-refractivity contribution in [3.8, 4) is 0 Å². The molecule has 1 aliphatic heterocycles. The fourth-order valence-electron chi connectivity index (χ4n) is 6.34. The second-order valence-corrected chi connectivity index (χ2v) is 10.1. The lowest BCUT2D eigenvalue weighted by Crippen LogP contribution is -2.66. The van der Waals surface area contributed by atoms with Crippen LogP contribution in [0.5, 0.6) is 0 Å². The average Bonchev–Trinajstić information content (AvgIpc) is 3.25. The highest BCUT2D eigenvalue weighted by Crippen LogP contribution is 2.59. The van der Waals surface area contributed by atoms with Crippen LogP contribution in [0.4, 0.5) is 5.69 Å². The van der Waals surface area contributed by atoms with Crippen LogP contribution in [0.3, 0.4) is 0 Å². The standard InChI is InChI=1S/C27H30N2O7/c1-17-8-11-22-26(2,20(17)10-9-18-13-15-35-24(18)31)14-12-23(27(22,3)28-16-30)36-25(32)19-6-4-5-7-21(19)29(33)34/h4-7,9-10,13,16,20,22-23H,1,8,11-12,14-15H2,2-3H3,(H,28,30)/b10-9+/t20-,22+,23-,26+,27?/m1/s1. The molecule has 0 aromatic heterocycles. The Balaban J connectivity index is 1.63. The number of nitrogens with one attached hydrogen (secondary N) is 1. The van der Waals surface area contributed by atoms with Gasteiger partial charge < -0.3 is 14.8 Å². The molecule has 4 rings (SSSR count). The molecule has 1 aromatic rings. The van der Waals surface area contributed by atoms with Crippen LogP contribution in [0.2, 0.25) is 0 Å². The highest BCUT2D eigenvalue weighted by atomic mass is 16.6. The van der Waals surface area contributed by atoms with E-state index in [-0.39, 0.29) is 41.1 Å². The van der Waals surface area contributed by atoms with Crippen LogP contribution >= 0.6 is 0 Å². The number of allylic oxidation sites excluding steroid dienone is 2. The number of cyclic esters (lactones) is 1. The van der Waals surface area contributed by atoms with Gasteiger partial charge in [-0.1, -0.05) is 43.4 Å². The van der Waals surface area contributed by atoms with E-state index >= 15 is 0 Å². The van der Waals surface area contributed by atoms with Crippen molar-refractivity contribution in [3.05, 3.63) is 75.9 Å². The Morgan fingerprint density at radius 2 is 2.06 bits per heavy atom. The number of para-hydroxylation sites is 1. The lowest BCUT2D eigenvalue weighted by Gasteiger charge is -2.59. The van der Waals surface area contributed by atoms with Gasteiger partial charge in [-0.25, -0.2) is 9.59 Å². The molecule has 1 amide bonds. The molecule has 0 bridgehead atoms. The summed E-state index contributed by atoms with van der Waals surface area (Å²) in [4.78, 5) is 47.5. The number of nitro benzene ring substituents is 1. The predicted octanol–water partition coefficient (Wildman–Crippen LogP) is 4.05. The van der Waals surface area contributed by atoms with E-state index in [9.17, 15) is 24.5 Å². The van der Waals surface area contributed by atoms with E-state index < -0.39 is 22.5 Å². The van der Waals surface area contributed by atoms with E-state index in [1.54, 1.807) is 18.2 Å². The first kappa shape index (κ1) is 25.3. The van der Waals surface area contributed by atoms with Gasteiger partial charge >= 0.3 is 11.9 Å². The minimum atomic E-state index is -0.910. The molecule has 9 heteroatoms. The Bertz CT molecular complexity index is 1170. The maximum atomic E-state index is 13.0. The van der Waals surface area contributed by atoms with E-state index in [0.717, 1.165) is 12.0 Å². The van der Waals surface area contributed by atoms with E-state index in [2.05, 4.69) is 18.8 Å². The summed E-state index contributed by atoms with van der Waals surface area (Å²) in [5.74, 6) is -1.30. The minimum Gasteiger partial charge on any atom is -0.458 e. The zero-order chi connectivity index (χ0) is 26.1. The van der Waals surface area contributed by atoms with Gasteiger partial charge in [-0.2, -0.15) is 0 Å². The van der Waals surface area contributed by atoms with E-state index in [0.29, 0.717) is 31.2 Å². The highest BCUT2D eigenvalue weighted by Gasteiger charge is 2.59. The summed E-state index contributed by atoms with van der Waals surface area (Å²) in [7, 11) is 0. The molecule has 1 N–H and O–H groups in total. The minimum absolute atomic E-state index is 0.0646. The maximum Gasteiger partial charge on any atom is 0.345 e. The van der Waals surface area contributed by atoms with Gasteiger partial charge in [-0.05, 0) is 56.1 Å². The summed E-state index contributed by atoms with van der Waals surface area (Å²) in [6.07, 6.45) is 7.99. The predicted molar refractivity (Wildman–Crippen MR) is 131 cm³/mol. The molecule has 2 aliphatic carbocycles. The number of hydrogen-bond donors (Lipinski definition) is 1. The number of benzene rings is 1. The van der Waals surface area contributed by atoms with Crippen molar-refractivity contribution < 1.29 is 28.8 Å². The molecule has 1 unspecified atom stereocenters. The molecule has 9 nitrogen and oxygen atoms in total. The number of nitro groups is 1. The van der Waals surface area contributed by atoms with E-state index in [4.69, 9.17) is 9.47 Å². The molecule has 0 saturated heterocycles. The Morgan fingerprint density at radius 3 is 2.72 bits per heavy atom. The first-order valence-corrected chi connectivity index (χ1v) is 12.0. The van der Waals surface area contributed by atoms with Crippen LogP contribution < -0.4 is 5.32 Å². The SMILES string of the molecule is C=C1CC[C@@H]2C(C)(NC=O)[C@H](OC(=O)c3ccccc3[N+](=O)[O-])CC[C@@]2(C)[C@@H]1/C=C/C1=CCOC1=O. The number of rotatable bonds is 7. The first-order valence-electron chi connectivity index (χ1n) is 12.0. The summed E-state index contributed by atoms with van der Waals surface area (Å²) >= 11 is 0. The van der Waals surface area contributed by atoms with Crippen molar-refractivity contribution in [2.24, 2.45) is 17.3 Å². The molecular weight excluding hydrogens is 464 g/mol. The summed E-state index contributed by atoms with van der Waals surface area (Å²) in [6, 6.07) is 5.66. The third kappa shape index (κ3) is 4.34. The number of hydrogen-bond acceptors (Lipinski definition) is 7. The second-order valence-electron chi connectivity index (χ2n) is 10.1. The number of nitrogens with zero attached hydrogens (tertiary/aromatic N) is 1. The topological polar surface area (TPSA) is 125 Å². The third-order valence-corrected chi connectivity index (χ3v) is 8.20. The molecule has 0 radical (unpaired) electrons. The molecule has 1 heterocycles. The third-order valence-electron chi connectivity index (χ3n) is 8.20. The first-order chi connectivity index (χ1) is 17.1. The van der Waals surface area contributed by atoms with Crippen molar-refractivity contribution >= 4 is 24.0 Å². The molecule has 1 aromatic carbocycles. The fourth-order valence-corrected chi connectivity index (χ4v) is 6.34. The summed E-state index contributed by atoms with van der Waals surface area (Å²) in [6.45, 7) is 8.57. The van der Waals surface area contributed by atoms with Crippen molar-refractivity contribution in [3.63, 3.8) is 0 Å². The summed E-state index contributed by atoms with van der Waals surface area (Å²) in [5.41, 5.74) is -0.144. The number of fused-ring (bicyclic) bond motifs is 1. The van der Waals surface area contributed by atoms with Crippen LogP contribution in [0.25, 0.3) is 0 Å². The molecule has 36 heavy (non-hydrogen) atoms. The number of esters is 2. The molecule has 3 aliphatic rings. The van der Waals surface area contributed by atoms with Crippen LogP contribution in [-0.4, -0.2) is 41.5 Å². The van der Waals surface area contributed by atoms with Gasteiger partial charge in [0.15, 0.2) is 0 Å². The molecule has 0 spiro atoms. The normalized spacial score (nSPS) is 31.8. The van der Waals surface area contributed by atoms with Gasteiger partial charge in [-0.15, -0.1) is 0 Å². The average molecular weight is 495 g/mol. The van der Waals surface area contributed by atoms with Crippen LogP contribution in [-0.2, 0) is 19.1 Å². The summed E-state index contributed by atoms with van der Waals surface area (Å²) < 4.78 is 10.9. The highest BCUT2D eigenvalue weighted by molar-refractivity contribution is 5.94. The maximum absolute atomic E-state index is 13.0. The lowest BCUT2D eigenvalue weighted by atomic mass is 9.48. The number of ether oxygens (including phenoxy) is 2. The smallest absolute Gasteiger partial charge is 0.345 e. The van der Waals surface area contributed by atoms with Crippen LogP contribution in [0, 0.1) is 27.4 Å². The number of carbonyl (C=O) groups is 3. The zero-order valence-corrected chi connectivity index (χ0v) is 20.4. The molecule has 5 atom stereocenters. The van der Waals surface area contributed by atoms with Crippen molar-refractivity contribution in [2.75, 3.05) is 6.61 Å². The number of carbonyl (C=O) groups excluding carboxylic acids is 3. The van der Waals surface area contributed by atoms with Crippen LogP contribution in [0.15, 0.2) is 60.2 Å². The van der Waals surface area contributed by atoms with Gasteiger partial charge in [0.05, 0.1) is 16.0 Å². The van der Waals surface area contributed by atoms with Crippen molar-refractivity contribution in [1.29, 1.82) is 0 Å². The molecule has 2 saturated carbocycles. The van der Waals surface area contributed by atoms with Gasteiger partial charge in [-0.3, -0.25) is 14.9 Å². The second kappa shape index (κ2) is 9.72. The monoisotopic (exact) mass is 494 g/mol. The Hall–Kier alpha value is -3.75. The Labute approximate surface area is 209 Å². The van der Waals surface area contributed by atoms with Crippen molar-refractivity contribution in [2.45, 2.75) is 51.2 Å². The summed E-state index contributed by atoms with van der Waals surface area (Å²) in [5, 5.41) is 14.4. The van der Waals surface area contributed by atoms with E-state index in [1.165, 1.54) is 18.2 Å². The largest absolute Gasteiger partial charge is 0.458 e. The van der Waals surface area contributed by atoms with E-state index in [1.807, 2.05) is 13.0 Å². The Kier molecular flexibility index (Phi) is 6.84. The van der Waals surface area contributed by atoms with Crippen LogP contribution in [0.1, 0.15) is 49.9 Å². The molecule has 2 fully saturated rings. The quantitative estimate of drug-likeness (QED) is 0.199. The van der Waals surface area contributed by atoms with Gasteiger partial charge in [0, 0.05) is 12.0 Å². The fraction of sp³-hybridized carbons (Fsp3) is 0.444. The number of amides is 1. The lowest BCUT2D eigenvalue weighted by molar-refractivity contribution is -0.385. The Morgan fingerprint density at radius 1 is 1.31 bits per heavy atom. The molecular formula is C27H30N2O7. The zero-order valence-electron chi connectivity index (χ0n) is 20.4. The van der Waals surface area contributed by atoms with Gasteiger partial charge in [0.2, 0.25) is 6.41 Å². The van der Waals surface area contributed by atoms with Gasteiger partial charge in [0.25, 0.3) is 5.69 Å². The van der Waals surface area contributed by atoms with Gasteiger partial charge in [0.1, 0.15) is 18.3 Å². The molecule has 190 valence electrons.